The molecule has 0 fully saturated rings. The minimum atomic E-state index is -0.129. The first-order chi connectivity index (χ1) is 9.04. The van der Waals surface area contributed by atoms with Gasteiger partial charge in [-0.1, -0.05) is 13.8 Å². The van der Waals surface area contributed by atoms with Gasteiger partial charge in [0.15, 0.2) is 0 Å². The third-order valence-corrected chi connectivity index (χ3v) is 2.82. The number of nitrogens with one attached hydrogen (secondary N) is 1. The molecule has 0 saturated carbocycles. The molecule has 0 atom stereocenters. The van der Waals surface area contributed by atoms with E-state index in [9.17, 15) is 9.59 Å². The van der Waals surface area contributed by atoms with Crippen molar-refractivity contribution in [2.45, 2.75) is 26.7 Å². The summed E-state index contributed by atoms with van der Waals surface area (Å²) in [6.07, 6.45) is 1.54. The normalized spacial score (nSPS) is 10.6. The second-order valence-electron chi connectivity index (χ2n) is 4.55. The molecular formula is C13H27N3O3. The molecule has 0 aromatic rings. The van der Waals surface area contributed by atoms with Crippen molar-refractivity contribution in [3.05, 3.63) is 0 Å². The Bertz CT molecular complexity index is 272. The molecule has 0 heterocycles. The van der Waals surface area contributed by atoms with Gasteiger partial charge in [0, 0.05) is 26.7 Å². The van der Waals surface area contributed by atoms with Gasteiger partial charge in [0.2, 0.25) is 11.8 Å². The lowest BCUT2D eigenvalue weighted by molar-refractivity contribution is -0.135. The Morgan fingerprint density at radius 1 is 1.21 bits per heavy atom. The lowest BCUT2D eigenvalue weighted by Gasteiger charge is -2.23. The number of hydrogen-bond donors (Lipinski definition) is 2. The first-order valence-corrected chi connectivity index (χ1v) is 6.89. The topological polar surface area (TPSA) is 72.9 Å². The van der Waals surface area contributed by atoms with Crippen LogP contribution in [0, 0.1) is 0 Å². The highest BCUT2D eigenvalue weighted by atomic mass is 16.3. The molecule has 0 unspecified atom stereocenters. The standard InChI is InChI=1S/C13H27N3O3/c1-4-7-14-12(18)10-15(3)13(19)11-16(5-2)8-6-9-17/h17H,4-11H2,1-3H3,(H,14,18). The molecule has 0 radical (unpaired) electrons. The zero-order valence-electron chi connectivity index (χ0n) is 12.3. The molecule has 19 heavy (non-hydrogen) atoms. The van der Waals surface area contributed by atoms with Gasteiger partial charge in [-0.15, -0.1) is 0 Å². The number of hydrogen-bond acceptors (Lipinski definition) is 4. The second-order valence-corrected chi connectivity index (χ2v) is 4.55. The fourth-order valence-electron chi connectivity index (χ4n) is 1.58. The molecule has 0 aliphatic carbocycles. The summed E-state index contributed by atoms with van der Waals surface area (Å²) < 4.78 is 0. The Labute approximate surface area is 115 Å². The highest BCUT2D eigenvalue weighted by Crippen LogP contribution is 1.94. The van der Waals surface area contributed by atoms with E-state index in [1.54, 1.807) is 7.05 Å². The van der Waals surface area contributed by atoms with E-state index in [1.807, 2.05) is 18.7 Å². The Morgan fingerprint density at radius 2 is 1.89 bits per heavy atom. The zero-order valence-corrected chi connectivity index (χ0v) is 12.3. The molecule has 6 nitrogen and oxygen atoms in total. The maximum absolute atomic E-state index is 11.9. The molecule has 0 aromatic heterocycles. The maximum Gasteiger partial charge on any atom is 0.239 e. The third-order valence-electron chi connectivity index (χ3n) is 2.82. The summed E-state index contributed by atoms with van der Waals surface area (Å²) in [5, 5.41) is 11.5. The van der Waals surface area contributed by atoms with Crippen molar-refractivity contribution in [1.29, 1.82) is 0 Å². The first-order valence-electron chi connectivity index (χ1n) is 6.89. The lowest BCUT2D eigenvalue weighted by atomic mass is 10.3. The van der Waals surface area contributed by atoms with Crippen LogP contribution in [0.5, 0.6) is 0 Å². The lowest BCUT2D eigenvalue weighted by Crippen LogP contribution is -2.43. The summed E-state index contributed by atoms with van der Waals surface area (Å²) in [7, 11) is 1.63. The molecule has 112 valence electrons. The summed E-state index contributed by atoms with van der Waals surface area (Å²) in [6.45, 7) is 6.53. The van der Waals surface area contributed by atoms with Crippen LogP contribution in [-0.4, -0.2) is 73.1 Å². The Morgan fingerprint density at radius 3 is 2.42 bits per heavy atom. The van der Waals surface area contributed by atoms with Gasteiger partial charge in [-0.05, 0) is 19.4 Å². The zero-order chi connectivity index (χ0) is 14.7. The van der Waals surface area contributed by atoms with E-state index < -0.39 is 0 Å². The van der Waals surface area contributed by atoms with E-state index >= 15 is 0 Å². The summed E-state index contributed by atoms with van der Waals surface area (Å²) in [4.78, 5) is 26.8. The van der Waals surface area contributed by atoms with Crippen molar-refractivity contribution < 1.29 is 14.7 Å². The van der Waals surface area contributed by atoms with Gasteiger partial charge in [-0.2, -0.15) is 0 Å². The fraction of sp³-hybridized carbons (Fsp3) is 0.846. The van der Waals surface area contributed by atoms with E-state index in [1.165, 1.54) is 4.90 Å². The van der Waals surface area contributed by atoms with Crippen molar-refractivity contribution in [2.24, 2.45) is 0 Å². The van der Waals surface area contributed by atoms with Crippen LogP contribution in [0.2, 0.25) is 0 Å². The largest absolute Gasteiger partial charge is 0.396 e. The van der Waals surface area contributed by atoms with Crippen LogP contribution in [0.25, 0.3) is 0 Å². The van der Waals surface area contributed by atoms with E-state index in [0.717, 1.165) is 13.0 Å². The molecule has 0 aliphatic rings. The number of aliphatic hydroxyl groups is 1. The summed E-state index contributed by atoms with van der Waals surface area (Å²) in [5.74, 6) is -0.206. The smallest absolute Gasteiger partial charge is 0.239 e. The van der Waals surface area contributed by atoms with Crippen LogP contribution in [0.15, 0.2) is 0 Å². The number of rotatable bonds is 10. The van der Waals surface area contributed by atoms with Gasteiger partial charge in [-0.25, -0.2) is 0 Å². The van der Waals surface area contributed by atoms with Crippen molar-refractivity contribution in [2.75, 3.05) is 46.4 Å². The van der Waals surface area contributed by atoms with Gasteiger partial charge in [0.1, 0.15) is 0 Å². The van der Waals surface area contributed by atoms with E-state index in [4.69, 9.17) is 5.11 Å². The molecule has 0 saturated heterocycles. The number of likely N-dealkylation sites (N-methyl/N-ethyl adjacent to an activating group) is 2. The Hall–Kier alpha value is -1.14. The van der Waals surface area contributed by atoms with Gasteiger partial charge >= 0.3 is 0 Å². The van der Waals surface area contributed by atoms with E-state index in [-0.39, 0.29) is 31.5 Å². The molecule has 2 N–H and O–H groups in total. The molecule has 2 amide bonds. The number of nitrogens with zero attached hydrogens (tertiary/aromatic N) is 2. The molecule has 0 bridgehead atoms. The van der Waals surface area contributed by atoms with Crippen molar-refractivity contribution in [1.82, 2.24) is 15.1 Å². The van der Waals surface area contributed by atoms with Crippen molar-refractivity contribution in [3.8, 4) is 0 Å². The summed E-state index contributed by atoms with van der Waals surface area (Å²) in [6, 6.07) is 0. The van der Waals surface area contributed by atoms with E-state index in [2.05, 4.69) is 5.32 Å². The predicted molar refractivity (Wildman–Crippen MR) is 74.8 cm³/mol. The Balaban J connectivity index is 4.06. The highest BCUT2D eigenvalue weighted by molar-refractivity contribution is 5.85. The van der Waals surface area contributed by atoms with Crippen LogP contribution in [-0.2, 0) is 9.59 Å². The molecule has 0 aromatic carbocycles. The third kappa shape index (κ3) is 8.56. The van der Waals surface area contributed by atoms with Crippen molar-refractivity contribution >= 4 is 11.8 Å². The molecule has 6 heteroatoms. The van der Waals surface area contributed by atoms with Crippen molar-refractivity contribution in [3.63, 3.8) is 0 Å². The number of carbonyl (C=O) groups excluding carboxylic acids is 2. The predicted octanol–water partition coefficient (Wildman–Crippen LogP) is -0.325. The molecule has 0 spiro atoms. The SMILES string of the molecule is CCCNC(=O)CN(C)C(=O)CN(CC)CCCO. The monoisotopic (exact) mass is 273 g/mol. The number of amides is 2. The van der Waals surface area contributed by atoms with E-state index in [0.29, 0.717) is 19.5 Å². The average molecular weight is 273 g/mol. The van der Waals surface area contributed by atoms with Gasteiger partial charge in [-0.3, -0.25) is 14.5 Å². The van der Waals surface area contributed by atoms with Crippen LogP contribution < -0.4 is 5.32 Å². The summed E-state index contributed by atoms with van der Waals surface area (Å²) in [5.41, 5.74) is 0. The highest BCUT2D eigenvalue weighted by Gasteiger charge is 2.15. The maximum atomic E-state index is 11.9. The second kappa shape index (κ2) is 10.8. The fourth-order valence-corrected chi connectivity index (χ4v) is 1.58. The minimum absolute atomic E-state index is 0.0774. The van der Waals surface area contributed by atoms with Crippen LogP contribution in [0.4, 0.5) is 0 Å². The molecule has 0 rings (SSSR count). The summed E-state index contributed by atoms with van der Waals surface area (Å²) >= 11 is 0. The van der Waals surface area contributed by atoms with Gasteiger partial charge in [0.25, 0.3) is 0 Å². The van der Waals surface area contributed by atoms with Gasteiger partial charge < -0.3 is 15.3 Å². The first kappa shape index (κ1) is 17.9. The molecule has 0 aliphatic heterocycles. The Kier molecular flexibility index (Phi) is 10.1. The number of carbonyl (C=O) groups is 2. The minimum Gasteiger partial charge on any atom is -0.396 e. The number of aliphatic hydroxyl groups excluding tert-OH is 1. The molecular weight excluding hydrogens is 246 g/mol. The van der Waals surface area contributed by atoms with Gasteiger partial charge in [0.05, 0.1) is 13.1 Å². The quantitative estimate of drug-likeness (QED) is 0.572. The van der Waals surface area contributed by atoms with Crippen LogP contribution in [0.3, 0.4) is 0 Å². The average Bonchev–Trinajstić information content (AvgIpc) is 2.40. The van der Waals surface area contributed by atoms with Crippen LogP contribution in [0.1, 0.15) is 26.7 Å². The van der Waals surface area contributed by atoms with Crippen LogP contribution >= 0.6 is 0 Å².